The maximum atomic E-state index is 12.2. The molecule has 2 aromatic rings. The third-order valence-corrected chi connectivity index (χ3v) is 4.17. The molecule has 0 fully saturated rings. The van der Waals surface area contributed by atoms with Gasteiger partial charge < -0.3 is 24.3 Å². The number of methoxy groups -OCH3 is 3. The molecule has 0 aliphatic heterocycles. The third-order valence-electron chi connectivity index (χ3n) is 3.27. The molecule has 0 aliphatic carbocycles. The quantitative estimate of drug-likeness (QED) is 0.737. The van der Waals surface area contributed by atoms with E-state index in [-0.39, 0.29) is 16.2 Å². The van der Waals surface area contributed by atoms with Crippen molar-refractivity contribution >= 4 is 34.9 Å². The van der Waals surface area contributed by atoms with Gasteiger partial charge in [0.2, 0.25) is 0 Å². The van der Waals surface area contributed by atoms with Crippen molar-refractivity contribution in [3.8, 4) is 11.5 Å². The van der Waals surface area contributed by atoms with Crippen molar-refractivity contribution in [1.82, 2.24) is 0 Å². The van der Waals surface area contributed by atoms with Crippen LogP contribution in [-0.4, -0.2) is 45.8 Å². The van der Waals surface area contributed by atoms with Crippen LogP contribution in [0.4, 0.5) is 5.69 Å². The van der Waals surface area contributed by atoms with Crippen molar-refractivity contribution in [2.75, 3.05) is 33.3 Å². The van der Waals surface area contributed by atoms with Gasteiger partial charge in [0.15, 0.2) is 6.61 Å². The number of rotatable bonds is 7. The van der Waals surface area contributed by atoms with E-state index in [1.807, 2.05) is 0 Å². The zero-order chi connectivity index (χ0) is 19.1. The van der Waals surface area contributed by atoms with Crippen molar-refractivity contribution in [3.63, 3.8) is 0 Å². The van der Waals surface area contributed by atoms with Crippen molar-refractivity contribution in [1.29, 1.82) is 0 Å². The summed E-state index contributed by atoms with van der Waals surface area (Å²) in [6.45, 7) is -0.523. The summed E-state index contributed by atoms with van der Waals surface area (Å²) < 4.78 is 19.8. The number of hydrogen-bond donors (Lipinski definition) is 1. The molecule has 26 heavy (non-hydrogen) atoms. The van der Waals surface area contributed by atoms with Gasteiger partial charge in [-0.25, -0.2) is 9.59 Å². The number of ether oxygens (including phenoxy) is 4. The van der Waals surface area contributed by atoms with Crippen LogP contribution in [0.3, 0.4) is 0 Å². The number of nitrogens with one attached hydrogen (secondary N) is 1. The van der Waals surface area contributed by atoms with Crippen LogP contribution < -0.4 is 14.8 Å². The standard InChI is InChI=1S/C17H17NO7S/c1-22-10-4-5-11(13(8-10)23-2)16(20)25-9-14(19)18-12-6-7-26-15(12)17(21)24-3/h4-8H,9H2,1-3H3,(H,18,19). The topological polar surface area (TPSA) is 100 Å². The number of thiophene rings is 1. The first-order valence-corrected chi connectivity index (χ1v) is 8.23. The molecule has 2 rings (SSSR count). The van der Waals surface area contributed by atoms with Crippen LogP contribution in [0.2, 0.25) is 0 Å². The number of amides is 1. The number of carbonyl (C=O) groups is 3. The van der Waals surface area contributed by atoms with Crippen LogP contribution in [0.25, 0.3) is 0 Å². The molecule has 0 bridgehead atoms. The summed E-state index contributed by atoms with van der Waals surface area (Å²) in [4.78, 5) is 36.0. The first kappa shape index (κ1) is 19.3. The fourth-order valence-electron chi connectivity index (χ4n) is 2.02. The van der Waals surface area contributed by atoms with Crippen molar-refractivity contribution in [3.05, 3.63) is 40.1 Å². The second-order valence-electron chi connectivity index (χ2n) is 4.85. The minimum Gasteiger partial charge on any atom is -0.497 e. The normalized spacial score (nSPS) is 9.96. The zero-order valence-corrected chi connectivity index (χ0v) is 15.2. The predicted molar refractivity (Wildman–Crippen MR) is 94.1 cm³/mol. The predicted octanol–water partition coefficient (Wildman–Crippen LogP) is 2.35. The summed E-state index contributed by atoms with van der Waals surface area (Å²) in [5.41, 5.74) is 0.455. The van der Waals surface area contributed by atoms with Crippen molar-refractivity contribution < 1.29 is 33.3 Å². The smallest absolute Gasteiger partial charge is 0.350 e. The van der Waals surface area contributed by atoms with Crippen LogP contribution in [-0.2, 0) is 14.3 Å². The Hall–Kier alpha value is -3.07. The summed E-state index contributed by atoms with van der Waals surface area (Å²) in [6.07, 6.45) is 0. The van der Waals surface area contributed by atoms with Gasteiger partial charge >= 0.3 is 11.9 Å². The molecule has 0 spiro atoms. The Morgan fingerprint density at radius 1 is 1.04 bits per heavy atom. The van der Waals surface area contributed by atoms with E-state index in [1.165, 1.54) is 33.5 Å². The summed E-state index contributed by atoms with van der Waals surface area (Å²) in [6, 6.07) is 6.15. The van der Waals surface area contributed by atoms with Gasteiger partial charge in [-0.05, 0) is 23.6 Å². The van der Waals surface area contributed by atoms with Crippen molar-refractivity contribution in [2.45, 2.75) is 0 Å². The molecular weight excluding hydrogens is 362 g/mol. The lowest BCUT2D eigenvalue weighted by atomic mass is 10.2. The molecule has 1 heterocycles. The highest BCUT2D eigenvalue weighted by atomic mass is 32.1. The highest BCUT2D eigenvalue weighted by Crippen LogP contribution is 2.25. The van der Waals surface area contributed by atoms with E-state index in [0.717, 1.165) is 11.3 Å². The molecule has 0 radical (unpaired) electrons. The van der Waals surface area contributed by atoms with Gasteiger partial charge in [-0.1, -0.05) is 0 Å². The molecule has 1 N–H and O–H groups in total. The molecule has 9 heteroatoms. The second-order valence-corrected chi connectivity index (χ2v) is 5.76. The van der Waals surface area contributed by atoms with Crippen LogP contribution in [0.15, 0.2) is 29.6 Å². The molecule has 138 valence electrons. The summed E-state index contributed by atoms with van der Waals surface area (Å²) in [5.74, 6) is -1.09. The Morgan fingerprint density at radius 3 is 2.46 bits per heavy atom. The Labute approximate surface area is 153 Å². The van der Waals surface area contributed by atoms with Gasteiger partial charge in [-0.3, -0.25) is 4.79 Å². The Morgan fingerprint density at radius 2 is 1.81 bits per heavy atom. The molecular formula is C17H17NO7S. The van der Waals surface area contributed by atoms with E-state index in [2.05, 4.69) is 10.1 Å². The molecule has 1 aromatic heterocycles. The molecule has 0 saturated carbocycles. The summed E-state index contributed by atoms with van der Waals surface area (Å²) >= 11 is 1.13. The minimum atomic E-state index is -0.724. The largest absolute Gasteiger partial charge is 0.497 e. The van der Waals surface area contributed by atoms with E-state index >= 15 is 0 Å². The van der Waals surface area contributed by atoms with Crippen LogP contribution in [0.1, 0.15) is 20.0 Å². The molecule has 1 amide bonds. The molecule has 0 unspecified atom stereocenters. The maximum Gasteiger partial charge on any atom is 0.350 e. The monoisotopic (exact) mass is 379 g/mol. The van der Waals surface area contributed by atoms with E-state index in [4.69, 9.17) is 14.2 Å². The lowest BCUT2D eigenvalue weighted by Gasteiger charge is -2.10. The van der Waals surface area contributed by atoms with Gasteiger partial charge in [-0.15, -0.1) is 11.3 Å². The minimum absolute atomic E-state index is 0.159. The third kappa shape index (κ3) is 4.51. The Kier molecular flexibility index (Phi) is 6.56. The molecule has 8 nitrogen and oxygen atoms in total. The van der Waals surface area contributed by atoms with E-state index in [1.54, 1.807) is 17.5 Å². The highest BCUT2D eigenvalue weighted by molar-refractivity contribution is 7.12. The van der Waals surface area contributed by atoms with Gasteiger partial charge in [0.1, 0.15) is 21.9 Å². The van der Waals surface area contributed by atoms with Gasteiger partial charge in [-0.2, -0.15) is 0 Å². The summed E-state index contributed by atoms with van der Waals surface area (Å²) in [5, 5.41) is 4.14. The van der Waals surface area contributed by atoms with Crippen molar-refractivity contribution in [2.24, 2.45) is 0 Å². The lowest BCUT2D eigenvalue weighted by Crippen LogP contribution is -2.22. The van der Waals surface area contributed by atoms with Gasteiger partial charge in [0.05, 0.1) is 27.0 Å². The fourth-order valence-corrected chi connectivity index (χ4v) is 2.79. The Bertz CT molecular complexity index is 815. The first-order chi connectivity index (χ1) is 12.5. The summed E-state index contributed by atoms with van der Waals surface area (Å²) in [7, 11) is 4.14. The number of carbonyl (C=O) groups excluding carboxylic acids is 3. The molecule has 0 saturated heterocycles. The second kappa shape index (κ2) is 8.86. The fraction of sp³-hybridized carbons (Fsp3) is 0.235. The number of hydrogen-bond acceptors (Lipinski definition) is 8. The number of esters is 2. The first-order valence-electron chi connectivity index (χ1n) is 7.35. The molecule has 0 atom stereocenters. The maximum absolute atomic E-state index is 12.2. The SMILES string of the molecule is COC(=O)c1sccc1NC(=O)COC(=O)c1ccc(OC)cc1OC. The van der Waals surface area contributed by atoms with Crippen LogP contribution >= 0.6 is 11.3 Å². The molecule has 1 aromatic carbocycles. The van der Waals surface area contributed by atoms with E-state index in [0.29, 0.717) is 11.4 Å². The highest BCUT2D eigenvalue weighted by Gasteiger charge is 2.18. The zero-order valence-electron chi connectivity index (χ0n) is 14.4. The van der Waals surface area contributed by atoms with Crippen LogP contribution in [0.5, 0.6) is 11.5 Å². The van der Waals surface area contributed by atoms with E-state index in [9.17, 15) is 14.4 Å². The number of benzene rings is 1. The van der Waals surface area contributed by atoms with Crippen LogP contribution in [0, 0.1) is 0 Å². The molecule has 0 aliphatic rings. The van der Waals surface area contributed by atoms with Gasteiger partial charge in [0.25, 0.3) is 5.91 Å². The van der Waals surface area contributed by atoms with Gasteiger partial charge in [0, 0.05) is 6.07 Å². The lowest BCUT2D eigenvalue weighted by molar-refractivity contribution is -0.119. The number of anilines is 1. The average Bonchev–Trinajstić information content (AvgIpc) is 3.12. The average molecular weight is 379 g/mol. The van der Waals surface area contributed by atoms with E-state index < -0.39 is 24.5 Å². The Balaban J connectivity index is 1.98.